The minimum Gasteiger partial charge on any atom is -0.444 e. The number of hydrogen-bond acceptors (Lipinski definition) is 4. The van der Waals surface area contributed by atoms with Crippen LogP contribution in [0.4, 0.5) is 4.79 Å². The Labute approximate surface area is 150 Å². The molecule has 1 aliphatic rings. The molecule has 1 aromatic heterocycles. The highest BCUT2D eigenvalue weighted by Crippen LogP contribution is 2.38. The number of carbonyl (C=O) groups excluding carboxylic acids is 2. The van der Waals surface area contributed by atoms with Gasteiger partial charge in [0.2, 0.25) is 5.91 Å². The number of carbonyl (C=O) groups is 2. The molecule has 0 spiro atoms. The average molecular weight is 347 g/mol. The Hall–Kier alpha value is -2.11. The Morgan fingerprint density at radius 2 is 2.04 bits per heavy atom. The van der Waals surface area contributed by atoms with Crippen LogP contribution in [0.15, 0.2) is 18.5 Å². The standard InChI is InChI=1S/C19H29N3O3/c1-14-13-20-11-7-15(14)8-12-21-16(23)19(9-6-10-19)22(5)17(24)25-18(2,3)4/h7,11,13H,6,8-10,12H2,1-5H3,(H,21,23). The summed E-state index contributed by atoms with van der Waals surface area (Å²) >= 11 is 0. The topological polar surface area (TPSA) is 71.5 Å². The van der Waals surface area contributed by atoms with E-state index in [-0.39, 0.29) is 5.91 Å². The van der Waals surface area contributed by atoms with Crippen molar-refractivity contribution in [3.05, 3.63) is 29.6 Å². The summed E-state index contributed by atoms with van der Waals surface area (Å²) in [5.41, 5.74) is 0.917. The van der Waals surface area contributed by atoms with Gasteiger partial charge in [0, 0.05) is 26.0 Å². The van der Waals surface area contributed by atoms with E-state index in [2.05, 4.69) is 10.3 Å². The van der Waals surface area contributed by atoms with Crippen molar-refractivity contribution in [1.29, 1.82) is 0 Å². The zero-order chi connectivity index (χ0) is 18.7. The molecule has 1 aliphatic carbocycles. The molecule has 138 valence electrons. The Bertz CT molecular complexity index is 633. The molecule has 0 aromatic carbocycles. The Kier molecular flexibility index (Phi) is 5.70. The van der Waals surface area contributed by atoms with Gasteiger partial charge in [0.05, 0.1) is 0 Å². The van der Waals surface area contributed by atoms with Gasteiger partial charge >= 0.3 is 6.09 Å². The molecule has 6 heteroatoms. The van der Waals surface area contributed by atoms with Crippen molar-refractivity contribution in [2.24, 2.45) is 0 Å². The number of likely N-dealkylation sites (N-methyl/N-ethyl adjacent to an activating group) is 1. The number of aromatic nitrogens is 1. The van der Waals surface area contributed by atoms with Gasteiger partial charge in [-0.05, 0) is 70.6 Å². The van der Waals surface area contributed by atoms with Crippen molar-refractivity contribution in [2.75, 3.05) is 13.6 Å². The van der Waals surface area contributed by atoms with E-state index >= 15 is 0 Å². The van der Waals surface area contributed by atoms with Crippen molar-refractivity contribution in [3.63, 3.8) is 0 Å². The number of nitrogens with zero attached hydrogens (tertiary/aromatic N) is 2. The lowest BCUT2D eigenvalue weighted by molar-refractivity contribution is -0.138. The molecule has 1 aromatic rings. The van der Waals surface area contributed by atoms with E-state index in [0.29, 0.717) is 19.4 Å². The Morgan fingerprint density at radius 1 is 1.36 bits per heavy atom. The maximum absolute atomic E-state index is 12.8. The van der Waals surface area contributed by atoms with Crippen LogP contribution in [0.25, 0.3) is 0 Å². The van der Waals surface area contributed by atoms with Crippen LogP contribution in [-0.4, -0.2) is 46.6 Å². The SMILES string of the molecule is Cc1cnccc1CCNC(=O)C1(N(C)C(=O)OC(C)(C)C)CCC1. The van der Waals surface area contributed by atoms with Gasteiger partial charge in [-0.3, -0.25) is 14.7 Å². The molecule has 25 heavy (non-hydrogen) atoms. The van der Waals surface area contributed by atoms with Gasteiger partial charge in [-0.2, -0.15) is 0 Å². The summed E-state index contributed by atoms with van der Waals surface area (Å²) in [6.07, 6.45) is 6.14. The molecular formula is C19H29N3O3. The lowest BCUT2D eigenvalue weighted by Crippen LogP contribution is -2.63. The largest absolute Gasteiger partial charge is 0.444 e. The van der Waals surface area contributed by atoms with Gasteiger partial charge in [0.25, 0.3) is 0 Å². The summed E-state index contributed by atoms with van der Waals surface area (Å²) in [4.78, 5) is 30.7. The number of rotatable bonds is 5. The van der Waals surface area contributed by atoms with Gasteiger partial charge in [-0.15, -0.1) is 0 Å². The normalized spacial score (nSPS) is 15.9. The highest BCUT2D eigenvalue weighted by Gasteiger charge is 2.50. The average Bonchev–Trinajstić information content (AvgIpc) is 2.46. The molecule has 0 radical (unpaired) electrons. The first kappa shape index (κ1) is 19.2. The summed E-state index contributed by atoms with van der Waals surface area (Å²) in [7, 11) is 1.65. The second-order valence-corrected chi connectivity index (χ2v) is 7.73. The summed E-state index contributed by atoms with van der Waals surface area (Å²) < 4.78 is 5.42. The first-order valence-corrected chi connectivity index (χ1v) is 8.80. The van der Waals surface area contributed by atoms with E-state index in [1.54, 1.807) is 13.2 Å². The molecule has 2 rings (SSSR count). The fourth-order valence-corrected chi connectivity index (χ4v) is 2.99. The summed E-state index contributed by atoms with van der Waals surface area (Å²) in [6.45, 7) is 8.01. The minimum atomic E-state index is -0.782. The molecule has 0 saturated heterocycles. The van der Waals surface area contributed by atoms with E-state index in [0.717, 1.165) is 18.4 Å². The van der Waals surface area contributed by atoms with Crippen LogP contribution < -0.4 is 5.32 Å². The van der Waals surface area contributed by atoms with Crippen LogP contribution in [0.3, 0.4) is 0 Å². The highest BCUT2D eigenvalue weighted by molar-refractivity contribution is 5.90. The number of ether oxygens (including phenoxy) is 1. The molecule has 0 unspecified atom stereocenters. The van der Waals surface area contributed by atoms with Gasteiger partial charge in [-0.1, -0.05) is 0 Å². The predicted molar refractivity (Wildman–Crippen MR) is 96.3 cm³/mol. The number of aryl methyl sites for hydroxylation is 1. The third kappa shape index (κ3) is 4.50. The van der Waals surface area contributed by atoms with Crippen LogP contribution in [0.5, 0.6) is 0 Å². The third-order valence-corrected chi connectivity index (χ3v) is 4.73. The molecule has 1 saturated carbocycles. The van der Waals surface area contributed by atoms with Crippen LogP contribution in [0, 0.1) is 6.92 Å². The van der Waals surface area contributed by atoms with Crippen LogP contribution in [0.1, 0.15) is 51.2 Å². The fraction of sp³-hybridized carbons (Fsp3) is 0.632. The first-order valence-electron chi connectivity index (χ1n) is 8.80. The highest BCUT2D eigenvalue weighted by atomic mass is 16.6. The van der Waals surface area contributed by atoms with E-state index < -0.39 is 17.2 Å². The lowest BCUT2D eigenvalue weighted by atomic mass is 9.74. The zero-order valence-corrected chi connectivity index (χ0v) is 15.9. The van der Waals surface area contributed by atoms with Crippen molar-refractivity contribution < 1.29 is 14.3 Å². The zero-order valence-electron chi connectivity index (χ0n) is 15.9. The van der Waals surface area contributed by atoms with Gasteiger partial charge < -0.3 is 10.1 Å². The molecule has 1 heterocycles. The van der Waals surface area contributed by atoms with Crippen molar-refractivity contribution >= 4 is 12.0 Å². The molecule has 0 bridgehead atoms. The van der Waals surface area contributed by atoms with Crippen molar-refractivity contribution in [1.82, 2.24) is 15.2 Å². The molecular weight excluding hydrogens is 318 g/mol. The summed E-state index contributed by atoms with van der Waals surface area (Å²) in [6, 6.07) is 1.97. The van der Waals surface area contributed by atoms with Crippen LogP contribution in [0.2, 0.25) is 0 Å². The van der Waals surface area contributed by atoms with E-state index in [1.807, 2.05) is 40.0 Å². The Balaban J connectivity index is 1.95. The van der Waals surface area contributed by atoms with Gasteiger partial charge in [0.1, 0.15) is 11.1 Å². The molecule has 0 aliphatic heterocycles. The molecule has 6 nitrogen and oxygen atoms in total. The smallest absolute Gasteiger partial charge is 0.410 e. The molecule has 1 fully saturated rings. The van der Waals surface area contributed by atoms with Crippen LogP contribution >= 0.6 is 0 Å². The summed E-state index contributed by atoms with van der Waals surface area (Å²) in [5, 5.41) is 2.99. The van der Waals surface area contributed by atoms with E-state index in [1.165, 1.54) is 10.5 Å². The maximum Gasteiger partial charge on any atom is 0.410 e. The number of pyridine rings is 1. The molecule has 1 N–H and O–H groups in total. The second-order valence-electron chi connectivity index (χ2n) is 7.73. The quantitative estimate of drug-likeness (QED) is 0.889. The first-order chi connectivity index (χ1) is 11.7. The second kappa shape index (κ2) is 7.42. The minimum absolute atomic E-state index is 0.0983. The monoisotopic (exact) mass is 347 g/mol. The number of hydrogen-bond donors (Lipinski definition) is 1. The maximum atomic E-state index is 12.8. The number of amides is 2. The Morgan fingerprint density at radius 3 is 2.56 bits per heavy atom. The van der Waals surface area contributed by atoms with Crippen molar-refractivity contribution in [2.45, 2.75) is 64.5 Å². The van der Waals surface area contributed by atoms with E-state index in [4.69, 9.17) is 4.74 Å². The molecule has 2 amide bonds. The van der Waals surface area contributed by atoms with Gasteiger partial charge in [-0.25, -0.2) is 4.79 Å². The number of nitrogens with one attached hydrogen (secondary N) is 1. The lowest BCUT2D eigenvalue weighted by Gasteiger charge is -2.46. The van der Waals surface area contributed by atoms with Gasteiger partial charge in [0.15, 0.2) is 0 Å². The summed E-state index contributed by atoms with van der Waals surface area (Å²) in [5.74, 6) is -0.0983. The fourth-order valence-electron chi connectivity index (χ4n) is 2.99. The third-order valence-electron chi connectivity index (χ3n) is 4.73. The predicted octanol–water partition coefficient (Wildman–Crippen LogP) is 2.84. The molecule has 0 atom stereocenters. The van der Waals surface area contributed by atoms with Crippen LogP contribution in [-0.2, 0) is 16.0 Å². The van der Waals surface area contributed by atoms with E-state index in [9.17, 15) is 9.59 Å². The van der Waals surface area contributed by atoms with Crippen molar-refractivity contribution in [3.8, 4) is 0 Å².